The van der Waals surface area contributed by atoms with E-state index in [0.717, 1.165) is 12.0 Å². The number of Topliss-reactive ketones (excluding diaryl/α,β-unsaturated/α-hetero) is 1. The molecule has 1 fully saturated rings. The van der Waals surface area contributed by atoms with Gasteiger partial charge in [0.05, 0.1) is 5.92 Å². The van der Waals surface area contributed by atoms with Crippen molar-refractivity contribution in [1.29, 1.82) is 0 Å². The zero-order valence-corrected chi connectivity index (χ0v) is 13.9. The number of carboxylic acid groups (broad SMARTS) is 1. The summed E-state index contributed by atoms with van der Waals surface area (Å²) in [6.07, 6.45) is 2.76. The fraction of sp³-hybridized carbons (Fsp3) is 0.588. The zero-order valence-electron chi connectivity index (χ0n) is 13.9. The number of nitrogens with zero attached hydrogens (tertiary/aromatic N) is 1. The van der Waals surface area contributed by atoms with Crippen LogP contribution in [-0.2, 0) is 11.2 Å². The highest BCUT2D eigenvalue weighted by Crippen LogP contribution is 2.25. The van der Waals surface area contributed by atoms with E-state index in [4.69, 9.17) is 0 Å². The molecular weight excluding hydrogens is 296 g/mol. The number of aromatic amines is 1. The number of aromatic nitrogens is 1. The molecule has 0 spiro atoms. The molecule has 0 aliphatic carbocycles. The number of carbonyl (C=O) groups is 3. The molecule has 23 heavy (non-hydrogen) atoms. The van der Waals surface area contributed by atoms with E-state index >= 15 is 0 Å². The van der Waals surface area contributed by atoms with E-state index in [0.29, 0.717) is 42.8 Å². The van der Waals surface area contributed by atoms with Crippen LogP contribution < -0.4 is 0 Å². The molecule has 0 unspecified atom stereocenters. The molecule has 0 aromatic carbocycles. The molecule has 1 aromatic rings. The van der Waals surface area contributed by atoms with Gasteiger partial charge >= 0.3 is 5.97 Å². The Labute approximate surface area is 135 Å². The topological polar surface area (TPSA) is 90.5 Å². The summed E-state index contributed by atoms with van der Waals surface area (Å²) in [6.45, 7) is 6.09. The van der Waals surface area contributed by atoms with Crippen molar-refractivity contribution >= 4 is 17.7 Å². The van der Waals surface area contributed by atoms with Crippen LogP contribution in [0.1, 0.15) is 65.2 Å². The molecule has 2 rings (SSSR count). The fourth-order valence-corrected chi connectivity index (χ4v) is 3.36. The third-order valence-corrected chi connectivity index (χ3v) is 4.41. The first-order valence-corrected chi connectivity index (χ1v) is 8.11. The van der Waals surface area contributed by atoms with Crippen molar-refractivity contribution in [3.8, 4) is 0 Å². The number of aliphatic carboxylic acids is 1. The highest BCUT2D eigenvalue weighted by molar-refractivity contribution is 6.02. The molecule has 0 saturated carbocycles. The number of hydrogen-bond donors (Lipinski definition) is 2. The number of piperidine rings is 1. The van der Waals surface area contributed by atoms with Crippen LogP contribution in [-0.4, -0.2) is 45.7 Å². The van der Waals surface area contributed by atoms with Gasteiger partial charge in [-0.1, -0.05) is 13.3 Å². The number of aryl methyl sites for hydroxylation is 1. The molecule has 1 amide bonds. The molecule has 6 heteroatoms. The Hall–Kier alpha value is -2.11. The van der Waals surface area contributed by atoms with E-state index in [1.807, 2.05) is 6.92 Å². The first-order chi connectivity index (χ1) is 10.9. The van der Waals surface area contributed by atoms with Crippen LogP contribution in [0.4, 0.5) is 0 Å². The maximum Gasteiger partial charge on any atom is 0.308 e. The van der Waals surface area contributed by atoms with Crippen LogP contribution in [0.3, 0.4) is 0 Å². The number of hydrogen-bond acceptors (Lipinski definition) is 3. The van der Waals surface area contributed by atoms with Gasteiger partial charge < -0.3 is 15.0 Å². The fourth-order valence-electron chi connectivity index (χ4n) is 3.36. The maximum atomic E-state index is 12.8. The smallest absolute Gasteiger partial charge is 0.308 e. The van der Waals surface area contributed by atoms with Crippen LogP contribution in [0, 0.1) is 12.8 Å². The van der Waals surface area contributed by atoms with Gasteiger partial charge in [0.25, 0.3) is 5.91 Å². The van der Waals surface area contributed by atoms with Gasteiger partial charge in [-0.3, -0.25) is 14.4 Å². The van der Waals surface area contributed by atoms with Gasteiger partial charge in [0.1, 0.15) is 5.69 Å². The number of rotatable bonds is 5. The molecule has 1 saturated heterocycles. The lowest BCUT2D eigenvalue weighted by Crippen LogP contribution is -2.42. The van der Waals surface area contributed by atoms with E-state index in [2.05, 4.69) is 4.98 Å². The first-order valence-electron chi connectivity index (χ1n) is 8.11. The minimum absolute atomic E-state index is 0.0525. The Balaban J connectivity index is 2.33. The Morgan fingerprint density at radius 1 is 1.35 bits per heavy atom. The van der Waals surface area contributed by atoms with E-state index < -0.39 is 11.9 Å². The maximum absolute atomic E-state index is 12.8. The molecule has 1 aliphatic rings. The third kappa shape index (κ3) is 3.46. The number of carbonyl (C=O) groups excluding carboxylic acids is 2. The van der Waals surface area contributed by atoms with Crippen molar-refractivity contribution in [3.05, 3.63) is 22.5 Å². The minimum Gasteiger partial charge on any atom is -0.481 e. The second-order valence-electron chi connectivity index (χ2n) is 6.21. The summed E-state index contributed by atoms with van der Waals surface area (Å²) in [5.74, 6) is -1.62. The van der Waals surface area contributed by atoms with Crippen molar-refractivity contribution in [1.82, 2.24) is 9.88 Å². The summed E-state index contributed by atoms with van der Waals surface area (Å²) in [5, 5.41) is 9.18. The predicted molar refractivity (Wildman–Crippen MR) is 85.8 cm³/mol. The lowest BCUT2D eigenvalue weighted by Gasteiger charge is -2.30. The molecule has 126 valence electrons. The summed E-state index contributed by atoms with van der Waals surface area (Å²) >= 11 is 0. The van der Waals surface area contributed by atoms with Crippen LogP contribution in [0.15, 0.2) is 0 Å². The normalized spacial score (nSPS) is 18.0. The Morgan fingerprint density at radius 3 is 2.61 bits per heavy atom. The number of H-pyrrole nitrogens is 1. The number of nitrogens with one attached hydrogen (secondary N) is 1. The minimum atomic E-state index is -0.858. The Kier molecular flexibility index (Phi) is 5.23. The summed E-state index contributed by atoms with van der Waals surface area (Å²) in [4.78, 5) is 40.6. The molecule has 2 N–H and O–H groups in total. The number of carboxylic acids is 1. The van der Waals surface area contributed by atoms with Crippen molar-refractivity contribution in [3.63, 3.8) is 0 Å². The van der Waals surface area contributed by atoms with Crippen molar-refractivity contribution in [2.45, 2.75) is 46.5 Å². The SMILES string of the molecule is CCCc1c(C(=O)N2CCC[C@@H](C(=O)O)C2)[nH]c(C)c1C(C)=O. The molecule has 0 bridgehead atoms. The highest BCUT2D eigenvalue weighted by atomic mass is 16.4. The molecule has 1 atom stereocenters. The van der Waals surface area contributed by atoms with E-state index in [9.17, 15) is 19.5 Å². The van der Waals surface area contributed by atoms with Crippen LogP contribution in [0.5, 0.6) is 0 Å². The average Bonchev–Trinajstić information content (AvgIpc) is 2.83. The van der Waals surface area contributed by atoms with Crippen molar-refractivity contribution < 1.29 is 19.5 Å². The summed E-state index contributed by atoms with van der Waals surface area (Å²) in [7, 11) is 0. The van der Waals surface area contributed by atoms with Crippen LogP contribution in [0.2, 0.25) is 0 Å². The second-order valence-corrected chi connectivity index (χ2v) is 6.21. The summed E-state index contributed by atoms with van der Waals surface area (Å²) < 4.78 is 0. The molecule has 1 aliphatic heterocycles. The number of amides is 1. The van der Waals surface area contributed by atoms with Crippen LogP contribution in [0.25, 0.3) is 0 Å². The van der Waals surface area contributed by atoms with Gasteiger partial charge in [0.15, 0.2) is 5.78 Å². The van der Waals surface area contributed by atoms with Gasteiger partial charge in [0, 0.05) is 24.3 Å². The van der Waals surface area contributed by atoms with Crippen LogP contribution >= 0.6 is 0 Å². The number of ketones is 1. The summed E-state index contributed by atoms with van der Waals surface area (Å²) in [6, 6.07) is 0. The van der Waals surface area contributed by atoms with Gasteiger partial charge in [-0.15, -0.1) is 0 Å². The Morgan fingerprint density at radius 2 is 2.04 bits per heavy atom. The molecule has 2 heterocycles. The monoisotopic (exact) mass is 320 g/mol. The second kappa shape index (κ2) is 6.98. The van der Waals surface area contributed by atoms with E-state index in [-0.39, 0.29) is 18.2 Å². The molecule has 0 radical (unpaired) electrons. The molecule has 6 nitrogen and oxygen atoms in total. The van der Waals surface area contributed by atoms with E-state index in [1.54, 1.807) is 11.8 Å². The third-order valence-electron chi connectivity index (χ3n) is 4.41. The average molecular weight is 320 g/mol. The zero-order chi connectivity index (χ0) is 17.1. The quantitative estimate of drug-likeness (QED) is 0.815. The van der Waals surface area contributed by atoms with Gasteiger partial charge in [-0.2, -0.15) is 0 Å². The molecule has 1 aromatic heterocycles. The van der Waals surface area contributed by atoms with Crippen molar-refractivity contribution in [2.24, 2.45) is 5.92 Å². The predicted octanol–water partition coefficient (Wildman–Crippen LogP) is 2.42. The largest absolute Gasteiger partial charge is 0.481 e. The standard InChI is InChI=1S/C17H24N2O4/c1-4-6-13-14(11(3)20)10(2)18-15(13)16(21)19-8-5-7-12(9-19)17(22)23/h12,18H,4-9H2,1-3H3,(H,22,23)/t12-/m1/s1. The van der Waals surface area contributed by atoms with E-state index in [1.165, 1.54) is 6.92 Å². The Bertz CT molecular complexity index is 633. The van der Waals surface area contributed by atoms with Crippen molar-refractivity contribution in [2.75, 3.05) is 13.1 Å². The summed E-state index contributed by atoms with van der Waals surface area (Å²) in [5.41, 5.74) is 2.51. The first kappa shape index (κ1) is 17.2. The van der Waals surface area contributed by atoms with Gasteiger partial charge in [-0.05, 0) is 38.7 Å². The highest BCUT2D eigenvalue weighted by Gasteiger charge is 2.31. The van der Waals surface area contributed by atoms with Gasteiger partial charge in [-0.25, -0.2) is 0 Å². The molecular formula is C17H24N2O4. The lowest BCUT2D eigenvalue weighted by molar-refractivity contribution is -0.143. The van der Waals surface area contributed by atoms with Gasteiger partial charge in [0.2, 0.25) is 0 Å². The lowest BCUT2D eigenvalue weighted by atomic mass is 9.97. The number of likely N-dealkylation sites (tertiary alicyclic amines) is 1.